The molecule has 18 heavy (non-hydrogen) atoms. The average molecular weight is 310 g/mol. The number of amides is 1. The van der Waals surface area contributed by atoms with Gasteiger partial charge < -0.3 is 5.32 Å². The van der Waals surface area contributed by atoms with Crippen molar-refractivity contribution in [1.82, 2.24) is 4.90 Å². The maximum Gasteiger partial charge on any atom is 0.238 e. The normalized spacial score (nSPS) is 10.1. The average Bonchev–Trinajstić information content (AvgIpc) is 2.33. The number of nitrogens with one attached hydrogen (secondary N) is 1. The van der Waals surface area contributed by atoms with Crippen molar-refractivity contribution in [2.45, 2.75) is 13.3 Å². The molecule has 0 aliphatic rings. The van der Waals surface area contributed by atoms with Crippen molar-refractivity contribution in [3.8, 4) is 6.07 Å². The lowest BCUT2D eigenvalue weighted by molar-refractivity contribution is -0.117. The Bertz CT molecular complexity index is 425. The van der Waals surface area contributed by atoms with Gasteiger partial charge in [0.25, 0.3) is 0 Å². The van der Waals surface area contributed by atoms with Gasteiger partial charge in [0.05, 0.1) is 19.2 Å². The molecule has 96 valence electrons. The van der Waals surface area contributed by atoms with Gasteiger partial charge in [0.1, 0.15) is 0 Å². The molecule has 0 radical (unpaired) electrons. The van der Waals surface area contributed by atoms with Gasteiger partial charge in [-0.1, -0.05) is 22.9 Å². The van der Waals surface area contributed by atoms with Crippen LogP contribution in [0.15, 0.2) is 28.7 Å². The van der Waals surface area contributed by atoms with E-state index in [2.05, 4.69) is 27.3 Å². The number of nitriles is 1. The zero-order valence-corrected chi connectivity index (χ0v) is 11.9. The highest BCUT2D eigenvalue weighted by atomic mass is 79.9. The Kier molecular flexibility index (Phi) is 6.40. The molecular weight excluding hydrogens is 294 g/mol. The van der Waals surface area contributed by atoms with Crippen LogP contribution in [0.1, 0.15) is 13.3 Å². The van der Waals surface area contributed by atoms with Gasteiger partial charge in [0.15, 0.2) is 0 Å². The number of rotatable bonds is 6. The highest BCUT2D eigenvalue weighted by molar-refractivity contribution is 9.10. The van der Waals surface area contributed by atoms with E-state index in [1.165, 1.54) is 0 Å². The molecule has 4 nitrogen and oxygen atoms in total. The molecule has 0 fully saturated rings. The van der Waals surface area contributed by atoms with Gasteiger partial charge in [0, 0.05) is 10.2 Å². The topological polar surface area (TPSA) is 56.1 Å². The van der Waals surface area contributed by atoms with Crippen LogP contribution in [0, 0.1) is 11.3 Å². The van der Waals surface area contributed by atoms with E-state index in [0.29, 0.717) is 0 Å². The third-order valence-corrected chi connectivity index (χ3v) is 2.86. The largest absolute Gasteiger partial charge is 0.325 e. The van der Waals surface area contributed by atoms with Gasteiger partial charge in [-0.3, -0.25) is 9.69 Å². The number of hydrogen-bond acceptors (Lipinski definition) is 3. The SMILES string of the molecule is CCCN(CC#N)CC(=O)Nc1ccc(Br)cc1. The molecule has 0 aromatic heterocycles. The molecule has 0 aliphatic carbocycles. The second kappa shape index (κ2) is 7.85. The van der Waals surface area contributed by atoms with Crippen molar-refractivity contribution >= 4 is 27.5 Å². The minimum absolute atomic E-state index is 0.0963. The van der Waals surface area contributed by atoms with Crippen LogP contribution in [0.3, 0.4) is 0 Å². The Morgan fingerprint density at radius 3 is 2.67 bits per heavy atom. The summed E-state index contributed by atoms with van der Waals surface area (Å²) in [7, 11) is 0. The lowest BCUT2D eigenvalue weighted by Crippen LogP contribution is -2.34. The Morgan fingerprint density at radius 1 is 1.44 bits per heavy atom. The van der Waals surface area contributed by atoms with Crippen molar-refractivity contribution < 1.29 is 4.79 Å². The van der Waals surface area contributed by atoms with Gasteiger partial charge >= 0.3 is 0 Å². The summed E-state index contributed by atoms with van der Waals surface area (Å²) in [5, 5.41) is 11.5. The number of nitrogens with zero attached hydrogens (tertiary/aromatic N) is 2. The van der Waals surface area contributed by atoms with E-state index in [1.54, 1.807) is 0 Å². The summed E-state index contributed by atoms with van der Waals surface area (Å²) in [6, 6.07) is 9.47. The number of carbonyl (C=O) groups excluding carboxylic acids is 1. The highest BCUT2D eigenvalue weighted by Crippen LogP contribution is 2.13. The second-order valence-corrected chi connectivity index (χ2v) is 4.84. The standard InChI is InChI=1S/C13H16BrN3O/c1-2-8-17(9-7-15)10-13(18)16-12-5-3-11(14)4-6-12/h3-6H,2,8-10H2,1H3,(H,16,18). The third kappa shape index (κ3) is 5.30. The molecule has 0 aliphatic heterocycles. The van der Waals surface area contributed by atoms with Crippen LogP contribution in [0.4, 0.5) is 5.69 Å². The third-order valence-electron chi connectivity index (χ3n) is 2.33. The lowest BCUT2D eigenvalue weighted by atomic mass is 10.3. The van der Waals surface area contributed by atoms with Crippen LogP contribution in [0.2, 0.25) is 0 Å². The lowest BCUT2D eigenvalue weighted by Gasteiger charge is -2.17. The molecule has 0 heterocycles. The maximum absolute atomic E-state index is 11.8. The van der Waals surface area contributed by atoms with E-state index in [4.69, 9.17) is 5.26 Å². The van der Waals surface area contributed by atoms with E-state index in [0.717, 1.165) is 23.1 Å². The van der Waals surface area contributed by atoms with E-state index < -0.39 is 0 Å². The molecule has 1 amide bonds. The van der Waals surface area contributed by atoms with E-state index in [9.17, 15) is 4.79 Å². The molecule has 5 heteroatoms. The van der Waals surface area contributed by atoms with Crippen LogP contribution < -0.4 is 5.32 Å². The molecule has 0 bridgehead atoms. The van der Waals surface area contributed by atoms with Crippen molar-refractivity contribution in [1.29, 1.82) is 5.26 Å². The Balaban J connectivity index is 2.49. The number of benzene rings is 1. The van der Waals surface area contributed by atoms with Crippen LogP contribution in [0.25, 0.3) is 0 Å². The maximum atomic E-state index is 11.8. The first-order valence-corrected chi connectivity index (χ1v) is 6.59. The zero-order chi connectivity index (χ0) is 13.4. The Morgan fingerprint density at radius 2 is 2.11 bits per heavy atom. The predicted molar refractivity (Wildman–Crippen MR) is 75.1 cm³/mol. The van der Waals surface area contributed by atoms with E-state index in [-0.39, 0.29) is 19.0 Å². The molecule has 0 unspecified atom stereocenters. The van der Waals surface area contributed by atoms with Crippen molar-refractivity contribution in [3.63, 3.8) is 0 Å². The fourth-order valence-electron chi connectivity index (χ4n) is 1.57. The first-order chi connectivity index (χ1) is 8.65. The predicted octanol–water partition coefficient (Wildman–Crippen LogP) is 2.62. The molecule has 1 aromatic rings. The van der Waals surface area contributed by atoms with Crippen molar-refractivity contribution in [2.75, 3.05) is 25.0 Å². The summed E-state index contributed by atoms with van der Waals surface area (Å²) in [5.41, 5.74) is 0.761. The molecule has 0 atom stereocenters. The smallest absolute Gasteiger partial charge is 0.238 e. The van der Waals surface area contributed by atoms with Crippen LogP contribution in [0.5, 0.6) is 0 Å². The summed E-state index contributed by atoms with van der Waals surface area (Å²) >= 11 is 3.34. The number of hydrogen-bond donors (Lipinski definition) is 1. The van der Waals surface area contributed by atoms with Crippen LogP contribution >= 0.6 is 15.9 Å². The van der Waals surface area contributed by atoms with Gasteiger partial charge in [-0.15, -0.1) is 0 Å². The molecule has 0 saturated heterocycles. The molecule has 1 aromatic carbocycles. The van der Waals surface area contributed by atoms with Gasteiger partial charge in [-0.25, -0.2) is 0 Å². The fraction of sp³-hybridized carbons (Fsp3) is 0.385. The number of carbonyl (C=O) groups is 1. The number of anilines is 1. The summed E-state index contributed by atoms with van der Waals surface area (Å²) in [4.78, 5) is 13.6. The minimum atomic E-state index is -0.0963. The first-order valence-electron chi connectivity index (χ1n) is 5.80. The number of halogens is 1. The van der Waals surface area contributed by atoms with E-state index >= 15 is 0 Å². The van der Waals surface area contributed by atoms with Gasteiger partial charge in [-0.2, -0.15) is 5.26 Å². The summed E-state index contributed by atoms with van der Waals surface area (Å²) in [5.74, 6) is -0.0963. The Hall–Kier alpha value is -1.38. The summed E-state index contributed by atoms with van der Waals surface area (Å²) in [6.07, 6.45) is 0.924. The highest BCUT2D eigenvalue weighted by Gasteiger charge is 2.09. The molecular formula is C13H16BrN3O. The molecule has 0 spiro atoms. The monoisotopic (exact) mass is 309 g/mol. The summed E-state index contributed by atoms with van der Waals surface area (Å²) in [6.45, 7) is 3.30. The Labute approximate surface area is 116 Å². The zero-order valence-electron chi connectivity index (χ0n) is 10.3. The summed E-state index contributed by atoms with van der Waals surface area (Å²) < 4.78 is 0.970. The van der Waals surface area contributed by atoms with Crippen molar-refractivity contribution in [2.24, 2.45) is 0 Å². The molecule has 0 saturated carbocycles. The van der Waals surface area contributed by atoms with E-state index in [1.807, 2.05) is 36.1 Å². The molecule has 1 N–H and O–H groups in total. The van der Waals surface area contributed by atoms with Crippen LogP contribution in [-0.2, 0) is 4.79 Å². The van der Waals surface area contributed by atoms with Crippen LogP contribution in [-0.4, -0.2) is 30.4 Å². The first kappa shape index (κ1) is 14.7. The quantitative estimate of drug-likeness (QED) is 0.822. The fourth-order valence-corrected chi connectivity index (χ4v) is 1.83. The van der Waals surface area contributed by atoms with Crippen molar-refractivity contribution in [3.05, 3.63) is 28.7 Å². The van der Waals surface area contributed by atoms with Gasteiger partial charge in [-0.05, 0) is 37.2 Å². The molecule has 1 rings (SSSR count). The minimum Gasteiger partial charge on any atom is -0.325 e. The second-order valence-electron chi connectivity index (χ2n) is 3.92. The van der Waals surface area contributed by atoms with Gasteiger partial charge in [0.2, 0.25) is 5.91 Å².